The van der Waals surface area contributed by atoms with Crippen LogP contribution in [-0.4, -0.2) is 35.2 Å². The van der Waals surface area contributed by atoms with Crippen LogP contribution in [0.5, 0.6) is 0 Å². The van der Waals surface area contributed by atoms with E-state index in [0.29, 0.717) is 11.9 Å². The summed E-state index contributed by atoms with van der Waals surface area (Å²) in [7, 11) is 0. The van der Waals surface area contributed by atoms with Gasteiger partial charge in [0, 0.05) is 5.25 Å². The zero-order valence-electron chi connectivity index (χ0n) is 7.66. The number of carbonyl (C=O) groups excluding carboxylic acids is 1. The minimum absolute atomic E-state index is 0.197. The van der Waals surface area contributed by atoms with Crippen molar-refractivity contribution in [3.63, 3.8) is 0 Å². The van der Waals surface area contributed by atoms with Crippen LogP contribution >= 0.6 is 23.4 Å². The average Bonchev–Trinajstić information content (AvgIpc) is 2.04. The highest BCUT2D eigenvalue weighted by Gasteiger charge is 2.24. The van der Waals surface area contributed by atoms with Gasteiger partial charge in [-0.3, -0.25) is 4.79 Å². The number of esters is 1. The van der Waals surface area contributed by atoms with E-state index in [4.69, 9.17) is 21.1 Å². The predicted molar refractivity (Wildman–Crippen MR) is 53.1 cm³/mol. The van der Waals surface area contributed by atoms with Gasteiger partial charge in [-0.25, -0.2) is 0 Å². The first-order valence-electron chi connectivity index (χ1n) is 4.17. The van der Waals surface area contributed by atoms with Gasteiger partial charge in [-0.05, 0) is 6.92 Å². The Balaban J connectivity index is 2.31. The first kappa shape index (κ1) is 11.1. The number of rotatable bonds is 2. The number of halogens is 1. The summed E-state index contributed by atoms with van der Waals surface area (Å²) in [5, 5.41) is -0.213. The van der Waals surface area contributed by atoms with Gasteiger partial charge in [0.1, 0.15) is 5.38 Å². The molecule has 0 aliphatic carbocycles. The minimum Gasteiger partial charge on any atom is -0.448 e. The maximum absolute atomic E-state index is 11.1. The fourth-order valence-corrected chi connectivity index (χ4v) is 2.02. The second-order valence-electron chi connectivity index (χ2n) is 2.97. The van der Waals surface area contributed by atoms with Gasteiger partial charge < -0.3 is 9.47 Å². The smallest absolute Gasteiger partial charge is 0.324 e. The second kappa shape index (κ2) is 5.08. The number of hydrogen-bond acceptors (Lipinski definition) is 4. The molecule has 0 bridgehead atoms. The average molecular weight is 225 g/mol. The summed E-state index contributed by atoms with van der Waals surface area (Å²) in [6.07, 6.45) is 0. The molecular formula is C8H13ClO3S. The fourth-order valence-electron chi connectivity index (χ4n) is 0.953. The molecule has 0 radical (unpaired) electrons. The van der Waals surface area contributed by atoms with Crippen LogP contribution in [0.2, 0.25) is 0 Å². The minimum atomic E-state index is -0.585. The van der Waals surface area contributed by atoms with E-state index in [9.17, 15) is 4.79 Å². The van der Waals surface area contributed by atoms with Crippen molar-refractivity contribution in [2.45, 2.75) is 29.9 Å². The van der Waals surface area contributed by atoms with Crippen molar-refractivity contribution in [1.29, 1.82) is 0 Å². The Morgan fingerprint density at radius 2 is 2.38 bits per heavy atom. The first-order valence-corrected chi connectivity index (χ1v) is 5.55. The van der Waals surface area contributed by atoms with Gasteiger partial charge in [-0.2, -0.15) is 0 Å². The van der Waals surface area contributed by atoms with Gasteiger partial charge in [-0.15, -0.1) is 23.4 Å². The Morgan fingerprint density at radius 1 is 1.69 bits per heavy atom. The lowest BCUT2D eigenvalue weighted by atomic mass is 10.5. The van der Waals surface area contributed by atoms with Crippen LogP contribution < -0.4 is 0 Å². The predicted octanol–water partition coefficient (Wildman–Crippen LogP) is 1.63. The van der Waals surface area contributed by atoms with E-state index in [2.05, 4.69) is 0 Å². The highest BCUT2D eigenvalue weighted by molar-refractivity contribution is 8.00. The molecule has 1 fully saturated rings. The third-order valence-corrected chi connectivity index (χ3v) is 2.88. The maximum atomic E-state index is 11.1. The molecule has 1 rings (SSSR count). The van der Waals surface area contributed by atoms with Gasteiger partial charge in [0.15, 0.2) is 5.44 Å². The van der Waals surface area contributed by atoms with Crippen molar-refractivity contribution in [3.05, 3.63) is 0 Å². The number of alkyl halides is 1. The van der Waals surface area contributed by atoms with Crippen LogP contribution in [0.3, 0.4) is 0 Å². The number of carbonyl (C=O) groups is 1. The summed E-state index contributed by atoms with van der Waals surface area (Å²) in [4.78, 5) is 11.1. The highest BCUT2D eigenvalue weighted by atomic mass is 35.5. The standard InChI is InChI=1S/C8H13ClO3S/c1-5-3-11-4-7(13-5)12-8(10)6(2)9/h5-7H,3-4H2,1-2H3. The molecule has 0 N–H and O–H groups in total. The van der Waals surface area contributed by atoms with E-state index in [0.717, 1.165) is 6.61 Å². The lowest BCUT2D eigenvalue weighted by molar-refractivity contribution is -0.146. The van der Waals surface area contributed by atoms with Gasteiger partial charge in [0.05, 0.1) is 13.2 Å². The Bertz CT molecular complexity index is 186. The largest absolute Gasteiger partial charge is 0.448 e. The quantitative estimate of drug-likeness (QED) is 0.528. The van der Waals surface area contributed by atoms with Crippen LogP contribution in [0.25, 0.3) is 0 Å². The maximum Gasteiger partial charge on any atom is 0.324 e. The second-order valence-corrected chi connectivity index (χ2v) is 5.22. The van der Waals surface area contributed by atoms with E-state index in [1.165, 1.54) is 0 Å². The third kappa shape index (κ3) is 3.75. The van der Waals surface area contributed by atoms with Gasteiger partial charge >= 0.3 is 5.97 Å². The van der Waals surface area contributed by atoms with Gasteiger partial charge in [-0.1, -0.05) is 6.92 Å². The summed E-state index contributed by atoms with van der Waals surface area (Å²) in [5.41, 5.74) is -0.197. The zero-order valence-corrected chi connectivity index (χ0v) is 9.23. The lowest BCUT2D eigenvalue weighted by Crippen LogP contribution is -2.31. The van der Waals surface area contributed by atoms with Crippen LogP contribution in [0.1, 0.15) is 13.8 Å². The first-order chi connectivity index (χ1) is 6.09. The number of ether oxygens (including phenoxy) is 2. The van der Waals surface area contributed by atoms with E-state index in [1.807, 2.05) is 6.92 Å². The molecule has 0 aromatic carbocycles. The Morgan fingerprint density at radius 3 is 2.92 bits per heavy atom. The summed E-state index contributed by atoms with van der Waals surface area (Å²) in [6.45, 7) is 4.82. The van der Waals surface area contributed by atoms with Crippen LogP contribution in [-0.2, 0) is 14.3 Å². The van der Waals surface area contributed by atoms with Crippen molar-refractivity contribution >= 4 is 29.3 Å². The summed E-state index contributed by atoms with van der Waals surface area (Å²) < 4.78 is 10.3. The molecular weight excluding hydrogens is 212 g/mol. The molecule has 3 nitrogen and oxygen atoms in total. The summed E-state index contributed by atoms with van der Waals surface area (Å²) in [6, 6.07) is 0. The number of hydrogen-bond donors (Lipinski definition) is 0. The fraction of sp³-hybridized carbons (Fsp3) is 0.875. The molecule has 0 amide bonds. The van der Waals surface area contributed by atoms with E-state index in [1.54, 1.807) is 18.7 Å². The van der Waals surface area contributed by atoms with Gasteiger partial charge in [0.2, 0.25) is 0 Å². The van der Waals surface area contributed by atoms with E-state index >= 15 is 0 Å². The Labute approximate surface area is 87.1 Å². The van der Waals surface area contributed by atoms with Crippen molar-refractivity contribution in [2.75, 3.05) is 13.2 Å². The Hall–Kier alpha value is 0.0700. The normalized spacial score (nSPS) is 31.0. The number of thioether (sulfide) groups is 1. The summed E-state index contributed by atoms with van der Waals surface area (Å²) in [5.74, 6) is -0.378. The van der Waals surface area contributed by atoms with Crippen LogP contribution in [0.15, 0.2) is 0 Å². The summed E-state index contributed by atoms with van der Waals surface area (Å²) >= 11 is 7.16. The monoisotopic (exact) mass is 224 g/mol. The van der Waals surface area contributed by atoms with Crippen molar-refractivity contribution in [3.8, 4) is 0 Å². The molecule has 1 aliphatic heterocycles. The molecule has 3 atom stereocenters. The van der Waals surface area contributed by atoms with Crippen LogP contribution in [0, 0.1) is 0 Å². The molecule has 0 spiro atoms. The van der Waals surface area contributed by atoms with Gasteiger partial charge in [0.25, 0.3) is 0 Å². The molecule has 1 heterocycles. The van der Waals surface area contributed by atoms with Crippen molar-refractivity contribution in [2.24, 2.45) is 0 Å². The molecule has 76 valence electrons. The van der Waals surface area contributed by atoms with Crippen molar-refractivity contribution < 1.29 is 14.3 Å². The van der Waals surface area contributed by atoms with E-state index in [-0.39, 0.29) is 11.4 Å². The molecule has 1 aliphatic rings. The molecule has 13 heavy (non-hydrogen) atoms. The van der Waals surface area contributed by atoms with Crippen molar-refractivity contribution in [1.82, 2.24) is 0 Å². The van der Waals surface area contributed by atoms with Crippen LogP contribution in [0.4, 0.5) is 0 Å². The zero-order chi connectivity index (χ0) is 9.84. The topological polar surface area (TPSA) is 35.5 Å². The Kier molecular flexibility index (Phi) is 4.35. The molecule has 1 saturated heterocycles. The molecule has 3 unspecified atom stereocenters. The lowest BCUT2D eigenvalue weighted by Gasteiger charge is -2.26. The molecule has 0 aromatic rings. The molecule has 0 saturated carbocycles. The molecule has 5 heteroatoms. The highest BCUT2D eigenvalue weighted by Crippen LogP contribution is 2.24. The molecule has 0 aromatic heterocycles. The third-order valence-electron chi connectivity index (χ3n) is 1.56. The SMILES string of the molecule is CC1COCC(OC(=O)C(C)Cl)S1. The van der Waals surface area contributed by atoms with E-state index < -0.39 is 5.38 Å².